The lowest BCUT2D eigenvalue weighted by Gasteiger charge is -2.15. The Morgan fingerprint density at radius 1 is 1.00 bits per heavy atom. The Kier molecular flexibility index (Phi) is 4.63. The Labute approximate surface area is 152 Å². The first-order valence-corrected chi connectivity index (χ1v) is 8.78. The lowest BCUT2D eigenvalue weighted by molar-refractivity contribution is 0.296. The van der Waals surface area contributed by atoms with Crippen LogP contribution in [0.3, 0.4) is 0 Å². The van der Waals surface area contributed by atoms with Gasteiger partial charge in [0.1, 0.15) is 5.82 Å². The molecule has 2 heterocycles. The quantitative estimate of drug-likeness (QED) is 0.747. The van der Waals surface area contributed by atoms with Crippen molar-refractivity contribution in [1.29, 1.82) is 0 Å². The number of aromatic nitrogens is 2. The third kappa shape index (κ3) is 3.81. The van der Waals surface area contributed by atoms with E-state index in [4.69, 9.17) is 11.6 Å². The maximum Gasteiger partial charge on any atom is 0.161 e. The summed E-state index contributed by atoms with van der Waals surface area (Å²) in [6.07, 6.45) is 1.78. The SMILES string of the molecule is Clc1cccc(-c2nccc(NCCN3Cc4ccccc4C3)n2)c1. The molecule has 0 bridgehead atoms. The Morgan fingerprint density at radius 2 is 1.80 bits per heavy atom. The Bertz CT molecular complexity index is 856. The average molecular weight is 351 g/mol. The number of benzene rings is 2. The van der Waals surface area contributed by atoms with Crippen LogP contribution in [0.5, 0.6) is 0 Å². The predicted molar refractivity (Wildman–Crippen MR) is 102 cm³/mol. The third-order valence-corrected chi connectivity index (χ3v) is 4.61. The van der Waals surface area contributed by atoms with Crippen molar-refractivity contribution in [3.05, 3.63) is 76.9 Å². The molecule has 25 heavy (non-hydrogen) atoms. The summed E-state index contributed by atoms with van der Waals surface area (Å²) in [4.78, 5) is 11.4. The zero-order chi connectivity index (χ0) is 17.1. The van der Waals surface area contributed by atoms with Gasteiger partial charge < -0.3 is 5.32 Å². The zero-order valence-electron chi connectivity index (χ0n) is 13.8. The summed E-state index contributed by atoms with van der Waals surface area (Å²) >= 11 is 6.05. The number of anilines is 1. The van der Waals surface area contributed by atoms with Crippen molar-refractivity contribution in [3.63, 3.8) is 0 Å². The molecule has 0 unspecified atom stereocenters. The molecule has 4 rings (SSSR count). The number of nitrogens with one attached hydrogen (secondary N) is 1. The van der Waals surface area contributed by atoms with Gasteiger partial charge in [-0.1, -0.05) is 48.0 Å². The van der Waals surface area contributed by atoms with E-state index in [2.05, 4.69) is 44.5 Å². The van der Waals surface area contributed by atoms with E-state index in [1.54, 1.807) is 6.20 Å². The second kappa shape index (κ2) is 7.21. The van der Waals surface area contributed by atoms with Crippen LogP contribution in [0.25, 0.3) is 11.4 Å². The second-order valence-electron chi connectivity index (χ2n) is 6.18. The molecule has 0 amide bonds. The van der Waals surface area contributed by atoms with Gasteiger partial charge in [0.2, 0.25) is 0 Å². The van der Waals surface area contributed by atoms with Crippen molar-refractivity contribution < 1.29 is 0 Å². The summed E-state index contributed by atoms with van der Waals surface area (Å²) < 4.78 is 0. The normalized spacial score (nSPS) is 13.6. The van der Waals surface area contributed by atoms with Crippen molar-refractivity contribution in [1.82, 2.24) is 14.9 Å². The number of halogens is 1. The van der Waals surface area contributed by atoms with E-state index >= 15 is 0 Å². The first kappa shape index (κ1) is 16.1. The Morgan fingerprint density at radius 3 is 2.56 bits per heavy atom. The minimum atomic E-state index is 0.682. The number of hydrogen-bond donors (Lipinski definition) is 1. The first-order valence-electron chi connectivity index (χ1n) is 8.40. The fourth-order valence-corrected chi connectivity index (χ4v) is 3.32. The highest BCUT2D eigenvalue weighted by molar-refractivity contribution is 6.30. The summed E-state index contributed by atoms with van der Waals surface area (Å²) in [7, 11) is 0. The van der Waals surface area contributed by atoms with Crippen molar-refractivity contribution in [3.8, 4) is 11.4 Å². The molecule has 5 heteroatoms. The molecule has 1 aliphatic heterocycles. The largest absolute Gasteiger partial charge is 0.369 e. The molecule has 4 nitrogen and oxygen atoms in total. The summed E-state index contributed by atoms with van der Waals surface area (Å²) in [5.74, 6) is 1.52. The Balaban J connectivity index is 1.36. The van der Waals surface area contributed by atoms with Crippen molar-refractivity contribution >= 4 is 17.4 Å². The van der Waals surface area contributed by atoms with Gasteiger partial charge in [0.25, 0.3) is 0 Å². The molecule has 0 atom stereocenters. The van der Waals surface area contributed by atoms with E-state index in [1.807, 2.05) is 30.3 Å². The van der Waals surface area contributed by atoms with E-state index in [0.717, 1.165) is 37.6 Å². The minimum absolute atomic E-state index is 0.682. The van der Waals surface area contributed by atoms with Crippen LogP contribution in [0.1, 0.15) is 11.1 Å². The summed E-state index contributed by atoms with van der Waals surface area (Å²) in [6, 6.07) is 18.1. The van der Waals surface area contributed by atoms with Gasteiger partial charge in [-0.3, -0.25) is 4.90 Å². The van der Waals surface area contributed by atoms with Gasteiger partial charge >= 0.3 is 0 Å². The molecular formula is C20H19ClN4. The molecule has 2 aromatic carbocycles. The lowest BCUT2D eigenvalue weighted by Crippen LogP contribution is -2.24. The van der Waals surface area contributed by atoms with Crippen molar-refractivity contribution in [2.45, 2.75) is 13.1 Å². The molecule has 0 fully saturated rings. The molecule has 0 saturated heterocycles. The van der Waals surface area contributed by atoms with Crippen LogP contribution in [0.15, 0.2) is 60.8 Å². The molecule has 1 aliphatic rings. The predicted octanol–water partition coefficient (Wildman–Crippen LogP) is 4.22. The van der Waals surface area contributed by atoms with Crippen LogP contribution in [0.4, 0.5) is 5.82 Å². The summed E-state index contributed by atoms with van der Waals surface area (Å²) in [5.41, 5.74) is 3.80. The maximum atomic E-state index is 6.05. The van der Waals surface area contributed by atoms with E-state index in [9.17, 15) is 0 Å². The third-order valence-electron chi connectivity index (χ3n) is 4.38. The zero-order valence-corrected chi connectivity index (χ0v) is 14.6. The van der Waals surface area contributed by atoms with E-state index in [1.165, 1.54) is 11.1 Å². The fraction of sp³-hybridized carbons (Fsp3) is 0.200. The van der Waals surface area contributed by atoms with E-state index < -0.39 is 0 Å². The standard InChI is InChI=1S/C20H19ClN4/c21-18-7-3-6-15(12-18)20-23-9-8-19(24-20)22-10-11-25-13-16-4-1-2-5-17(16)14-25/h1-9,12H,10-11,13-14H2,(H,22,23,24). The lowest BCUT2D eigenvalue weighted by atomic mass is 10.1. The van der Waals surface area contributed by atoms with Gasteiger partial charge in [-0.15, -0.1) is 0 Å². The molecule has 0 spiro atoms. The van der Waals surface area contributed by atoms with Crippen LogP contribution in [0.2, 0.25) is 5.02 Å². The van der Waals surface area contributed by atoms with Gasteiger partial charge in [-0.2, -0.15) is 0 Å². The van der Waals surface area contributed by atoms with Crippen molar-refractivity contribution in [2.75, 3.05) is 18.4 Å². The molecule has 126 valence electrons. The maximum absolute atomic E-state index is 6.05. The van der Waals surface area contributed by atoms with Crippen LogP contribution in [0, 0.1) is 0 Å². The average Bonchev–Trinajstić information content (AvgIpc) is 3.05. The van der Waals surface area contributed by atoms with Gasteiger partial charge in [-0.05, 0) is 29.3 Å². The van der Waals surface area contributed by atoms with E-state index in [0.29, 0.717) is 10.8 Å². The smallest absolute Gasteiger partial charge is 0.161 e. The van der Waals surface area contributed by atoms with Gasteiger partial charge in [-0.25, -0.2) is 9.97 Å². The molecule has 0 radical (unpaired) electrons. The number of hydrogen-bond acceptors (Lipinski definition) is 4. The highest BCUT2D eigenvalue weighted by atomic mass is 35.5. The molecular weight excluding hydrogens is 332 g/mol. The van der Waals surface area contributed by atoms with Crippen LogP contribution >= 0.6 is 11.6 Å². The molecule has 0 saturated carbocycles. The highest BCUT2D eigenvalue weighted by Crippen LogP contribution is 2.22. The molecule has 1 N–H and O–H groups in total. The monoisotopic (exact) mass is 350 g/mol. The second-order valence-corrected chi connectivity index (χ2v) is 6.62. The van der Waals surface area contributed by atoms with Crippen LogP contribution in [-0.2, 0) is 13.1 Å². The van der Waals surface area contributed by atoms with Crippen LogP contribution in [-0.4, -0.2) is 28.0 Å². The molecule has 0 aliphatic carbocycles. The highest BCUT2D eigenvalue weighted by Gasteiger charge is 2.17. The van der Waals surface area contributed by atoms with E-state index in [-0.39, 0.29) is 0 Å². The minimum Gasteiger partial charge on any atom is -0.369 e. The summed E-state index contributed by atoms with van der Waals surface area (Å²) in [5, 5.41) is 4.09. The number of fused-ring (bicyclic) bond motifs is 1. The number of nitrogens with zero attached hydrogens (tertiary/aromatic N) is 3. The van der Waals surface area contributed by atoms with Crippen LogP contribution < -0.4 is 5.32 Å². The number of rotatable bonds is 5. The molecule has 3 aromatic rings. The fourth-order valence-electron chi connectivity index (χ4n) is 3.13. The molecule has 1 aromatic heterocycles. The Hall–Kier alpha value is -2.43. The first-order chi connectivity index (χ1) is 12.3. The topological polar surface area (TPSA) is 41.1 Å². The van der Waals surface area contributed by atoms with Gasteiger partial charge in [0, 0.05) is 43.0 Å². The van der Waals surface area contributed by atoms with Gasteiger partial charge in [0.15, 0.2) is 5.82 Å². The van der Waals surface area contributed by atoms with Crippen molar-refractivity contribution in [2.24, 2.45) is 0 Å². The van der Waals surface area contributed by atoms with Gasteiger partial charge in [0.05, 0.1) is 0 Å². The summed E-state index contributed by atoms with van der Waals surface area (Å²) in [6.45, 7) is 3.87.